The minimum Gasteiger partial charge on any atom is -0.331 e. The molecular weight excluding hydrogens is 434 g/mol. The van der Waals surface area contributed by atoms with Gasteiger partial charge in [0.1, 0.15) is 12.0 Å². The topological polar surface area (TPSA) is 46.9 Å². The summed E-state index contributed by atoms with van der Waals surface area (Å²) in [7, 11) is 0. The van der Waals surface area contributed by atoms with Crippen LogP contribution in [0.5, 0.6) is 0 Å². The average molecular weight is 440 g/mol. The first-order valence-electron chi connectivity index (χ1n) is 6.55. The van der Waals surface area contributed by atoms with Gasteiger partial charge in [0.25, 0.3) is 5.56 Å². The summed E-state index contributed by atoms with van der Waals surface area (Å²) in [4.78, 5) is 14.9. The molecule has 0 saturated heterocycles. The number of halogens is 9. The molecule has 148 valence electrons. The maximum Gasteiger partial charge on any atom is 0.459 e. The molecule has 0 aliphatic rings. The van der Waals surface area contributed by atoms with Gasteiger partial charge in [-0.1, -0.05) is 24.4 Å². The number of nitrogens with one attached hydrogen (secondary N) is 1. The molecule has 0 aliphatic heterocycles. The Morgan fingerprint density at radius 1 is 1.04 bits per heavy atom. The minimum absolute atomic E-state index is 0.0935. The Labute approximate surface area is 155 Å². The molecule has 1 aromatic heterocycles. The molecule has 1 heterocycles. The maximum absolute atomic E-state index is 13.3. The van der Waals surface area contributed by atoms with Crippen LogP contribution in [0, 0.1) is 0 Å². The van der Waals surface area contributed by atoms with Crippen LogP contribution >= 0.6 is 24.4 Å². The van der Waals surface area contributed by atoms with Crippen molar-refractivity contribution < 1.29 is 35.1 Å². The van der Waals surface area contributed by atoms with Crippen LogP contribution in [-0.4, -0.2) is 15.7 Å². The van der Waals surface area contributed by atoms with Gasteiger partial charge in [-0.25, -0.2) is 4.98 Å². The summed E-state index contributed by atoms with van der Waals surface area (Å²) >= 11 is 9.32. The lowest BCUT2D eigenvalue weighted by molar-refractivity contribution is -0.291. The third kappa shape index (κ3) is 3.98. The number of anilines is 1. The van der Waals surface area contributed by atoms with Gasteiger partial charge in [0.15, 0.2) is 0 Å². The van der Waals surface area contributed by atoms with Crippen molar-refractivity contribution in [2.75, 3.05) is 4.72 Å². The highest BCUT2D eigenvalue weighted by atomic mass is 35.5. The molecule has 27 heavy (non-hydrogen) atoms. The van der Waals surface area contributed by atoms with Crippen LogP contribution in [0.4, 0.5) is 40.8 Å². The Morgan fingerprint density at radius 3 is 2.07 bits per heavy atom. The number of alkyl halides is 8. The standard InChI is InChI=1S/C13H6ClF8N3OS/c14-6-1-5(12(17,18)19)2-7(24-27)10(6)25-4-23-8(3-9(25)26)11(15,16)13(20,21)22/h1-4,24,27H. The summed E-state index contributed by atoms with van der Waals surface area (Å²) in [6, 6.07) is 0.860. The molecule has 2 aromatic rings. The van der Waals surface area contributed by atoms with Gasteiger partial charge in [0.05, 0.1) is 22.0 Å². The predicted molar refractivity (Wildman–Crippen MR) is 82.4 cm³/mol. The summed E-state index contributed by atoms with van der Waals surface area (Å²) in [5, 5.41) is -0.652. The fraction of sp³-hybridized carbons (Fsp3) is 0.231. The van der Waals surface area contributed by atoms with Crippen molar-refractivity contribution in [1.29, 1.82) is 0 Å². The van der Waals surface area contributed by atoms with E-state index in [1.807, 2.05) is 4.72 Å². The Balaban J connectivity index is 2.66. The number of aromatic nitrogens is 2. The summed E-state index contributed by atoms with van der Waals surface area (Å²) in [6.07, 6.45) is -10.5. The summed E-state index contributed by atoms with van der Waals surface area (Å²) in [6.45, 7) is 0. The van der Waals surface area contributed by atoms with Crippen molar-refractivity contribution in [1.82, 2.24) is 9.55 Å². The van der Waals surface area contributed by atoms with E-state index in [-0.39, 0.29) is 6.07 Å². The lowest BCUT2D eigenvalue weighted by atomic mass is 10.1. The fourth-order valence-electron chi connectivity index (χ4n) is 1.98. The highest BCUT2D eigenvalue weighted by Crippen LogP contribution is 2.43. The summed E-state index contributed by atoms with van der Waals surface area (Å²) < 4.78 is 105. The van der Waals surface area contributed by atoms with E-state index in [1.54, 1.807) is 0 Å². The number of hydrogen-bond donors (Lipinski definition) is 2. The number of thiol groups is 1. The Bertz CT molecular complexity index is 925. The lowest BCUT2D eigenvalue weighted by Gasteiger charge is -2.20. The smallest absolute Gasteiger partial charge is 0.331 e. The molecule has 0 bridgehead atoms. The molecule has 1 N–H and O–H groups in total. The van der Waals surface area contributed by atoms with Gasteiger partial charge in [-0.2, -0.15) is 35.1 Å². The highest BCUT2D eigenvalue weighted by molar-refractivity contribution is 7.81. The van der Waals surface area contributed by atoms with Crippen molar-refractivity contribution in [2.24, 2.45) is 0 Å². The monoisotopic (exact) mass is 439 g/mol. The van der Waals surface area contributed by atoms with E-state index >= 15 is 0 Å². The second-order valence-corrected chi connectivity index (χ2v) is 5.65. The largest absolute Gasteiger partial charge is 0.459 e. The van der Waals surface area contributed by atoms with E-state index in [0.29, 0.717) is 23.0 Å². The van der Waals surface area contributed by atoms with Gasteiger partial charge in [-0.3, -0.25) is 9.36 Å². The van der Waals surface area contributed by atoms with Crippen LogP contribution in [0.1, 0.15) is 11.3 Å². The van der Waals surface area contributed by atoms with Crippen LogP contribution < -0.4 is 10.3 Å². The average Bonchev–Trinajstić information content (AvgIpc) is 2.52. The van der Waals surface area contributed by atoms with E-state index in [2.05, 4.69) is 17.8 Å². The van der Waals surface area contributed by atoms with E-state index in [0.717, 1.165) is 0 Å². The first kappa shape index (κ1) is 21.3. The van der Waals surface area contributed by atoms with Gasteiger partial charge in [-0.15, -0.1) is 0 Å². The molecule has 0 aliphatic carbocycles. The lowest BCUT2D eigenvalue weighted by Crippen LogP contribution is -2.36. The second kappa shape index (κ2) is 6.86. The van der Waals surface area contributed by atoms with Gasteiger partial charge < -0.3 is 4.72 Å². The van der Waals surface area contributed by atoms with Crippen molar-refractivity contribution in [2.45, 2.75) is 18.3 Å². The third-order valence-corrected chi connectivity index (χ3v) is 3.77. The van der Waals surface area contributed by atoms with Crippen molar-refractivity contribution in [3.8, 4) is 5.69 Å². The molecule has 1 aromatic carbocycles. The molecule has 0 saturated carbocycles. The Morgan fingerprint density at radius 2 is 1.63 bits per heavy atom. The molecule has 0 radical (unpaired) electrons. The third-order valence-electron chi connectivity index (χ3n) is 3.24. The molecule has 0 amide bonds. The zero-order chi connectivity index (χ0) is 20.8. The first-order chi connectivity index (χ1) is 12.2. The highest BCUT2D eigenvalue weighted by Gasteiger charge is 2.60. The second-order valence-electron chi connectivity index (χ2n) is 5.02. The predicted octanol–water partition coefficient (Wildman–Crippen LogP) is 4.82. The van der Waals surface area contributed by atoms with Gasteiger partial charge in [0.2, 0.25) is 0 Å². The Hall–Kier alpha value is -2.02. The molecule has 4 nitrogen and oxygen atoms in total. The first-order valence-corrected chi connectivity index (χ1v) is 7.37. The van der Waals surface area contributed by atoms with Crippen LogP contribution in [0.25, 0.3) is 5.69 Å². The van der Waals surface area contributed by atoms with Crippen molar-refractivity contribution in [3.05, 3.63) is 51.2 Å². The summed E-state index contributed by atoms with van der Waals surface area (Å²) in [5.41, 5.74) is -5.46. The van der Waals surface area contributed by atoms with Gasteiger partial charge >= 0.3 is 18.3 Å². The molecule has 0 atom stereocenters. The van der Waals surface area contributed by atoms with E-state index in [1.165, 1.54) is 0 Å². The van der Waals surface area contributed by atoms with Gasteiger partial charge in [0, 0.05) is 6.07 Å². The maximum atomic E-state index is 13.3. The molecular formula is C13H6ClF8N3OS. The number of hydrogen-bond acceptors (Lipinski definition) is 4. The number of nitrogens with zero attached hydrogens (tertiary/aromatic N) is 2. The van der Waals surface area contributed by atoms with Gasteiger partial charge in [-0.05, 0) is 12.1 Å². The normalized spacial score (nSPS) is 13.0. The fourth-order valence-corrected chi connectivity index (χ4v) is 2.46. The van der Waals surface area contributed by atoms with E-state index in [4.69, 9.17) is 11.6 Å². The van der Waals surface area contributed by atoms with Crippen LogP contribution in [0.3, 0.4) is 0 Å². The van der Waals surface area contributed by atoms with Crippen LogP contribution in [0.2, 0.25) is 5.02 Å². The van der Waals surface area contributed by atoms with Crippen LogP contribution in [0.15, 0.2) is 29.3 Å². The van der Waals surface area contributed by atoms with Crippen LogP contribution in [-0.2, 0) is 12.1 Å². The summed E-state index contributed by atoms with van der Waals surface area (Å²) in [5.74, 6) is -5.40. The molecule has 0 spiro atoms. The molecule has 2 rings (SSSR count). The number of rotatable bonds is 3. The Kier molecular flexibility index (Phi) is 5.40. The molecule has 14 heteroatoms. The quantitative estimate of drug-likeness (QED) is 0.533. The molecule has 0 unspecified atom stereocenters. The van der Waals surface area contributed by atoms with E-state index < -0.39 is 51.5 Å². The van der Waals surface area contributed by atoms with Crippen molar-refractivity contribution in [3.63, 3.8) is 0 Å². The van der Waals surface area contributed by atoms with Crippen molar-refractivity contribution >= 4 is 30.1 Å². The minimum atomic E-state index is -6.00. The molecule has 0 fully saturated rings. The zero-order valence-electron chi connectivity index (χ0n) is 12.5. The van der Waals surface area contributed by atoms with E-state index in [9.17, 15) is 39.9 Å². The number of benzene rings is 1. The SMILES string of the molecule is O=c1cc(C(F)(F)C(F)(F)F)ncn1-c1c(Cl)cc(C(F)(F)F)cc1NS. The zero-order valence-corrected chi connectivity index (χ0v) is 14.1.